The first kappa shape index (κ1) is 8.48. The fourth-order valence-electron chi connectivity index (χ4n) is 1.06. The highest BCUT2D eigenvalue weighted by Crippen LogP contribution is 2.37. The Balaban J connectivity index is 2.67. The lowest BCUT2D eigenvalue weighted by molar-refractivity contribution is 1.52. The van der Waals surface area contributed by atoms with Crippen LogP contribution in [0, 0.1) is 6.92 Å². The largest absolute Gasteiger partial charge is 0.313 e. The van der Waals surface area contributed by atoms with Gasteiger partial charge in [-0.25, -0.2) is 0 Å². The van der Waals surface area contributed by atoms with Crippen molar-refractivity contribution in [3.63, 3.8) is 0 Å². The molecular formula is C9H9S3+. The van der Waals surface area contributed by atoms with Crippen molar-refractivity contribution in [1.29, 1.82) is 0 Å². The predicted octanol–water partition coefficient (Wildman–Crippen LogP) is 4.27. The SMILES string of the molecule is CSc1sc2cc(C)ccc2[s+]1. The molecule has 0 nitrogen and oxygen atoms in total. The van der Waals surface area contributed by atoms with Gasteiger partial charge in [-0.1, -0.05) is 17.8 Å². The number of rotatable bonds is 1. The van der Waals surface area contributed by atoms with Gasteiger partial charge in [-0.2, -0.15) is 0 Å². The lowest BCUT2D eigenvalue weighted by Crippen LogP contribution is -1.65. The molecule has 0 N–H and O–H groups in total. The smallest absolute Gasteiger partial charge is 0.0591 e. The molecule has 0 spiro atoms. The topological polar surface area (TPSA) is 0 Å². The molecule has 0 aliphatic heterocycles. The number of benzene rings is 1. The molecule has 1 aromatic carbocycles. The number of thioether (sulfide) groups is 1. The summed E-state index contributed by atoms with van der Waals surface area (Å²) in [5.41, 5.74) is 1.35. The molecule has 0 saturated heterocycles. The van der Waals surface area contributed by atoms with Crippen molar-refractivity contribution in [3.05, 3.63) is 23.8 Å². The van der Waals surface area contributed by atoms with E-state index in [0.29, 0.717) is 0 Å². The highest BCUT2D eigenvalue weighted by Gasteiger charge is 2.13. The first-order valence-corrected chi connectivity index (χ1v) is 6.52. The molecule has 0 aliphatic carbocycles. The zero-order valence-corrected chi connectivity index (χ0v) is 9.41. The summed E-state index contributed by atoms with van der Waals surface area (Å²) < 4.78 is 4.27. The summed E-state index contributed by atoms with van der Waals surface area (Å²) in [5, 5.41) is 0. The van der Waals surface area contributed by atoms with E-state index in [1.54, 1.807) is 0 Å². The van der Waals surface area contributed by atoms with E-state index in [2.05, 4.69) is 31.4 Å². The van der Waals surface area contributed by atoms with E-state index in [1.165, 1.54) is 18.5 Å². The maximum Gasteiger partial charge on any atom is 0.313 e. The summed E-state index contributed by atoms with van der Waals surface area (Å²) in [4.78, 5) is 0. The third kappa shape index (κ3) is 1.49. The Morgan fingerprint density at radius 1 is 1.42 bits per heavy atom. The Hall–Kier alpha value is -0.120. The molecule has 1 aromatic heterocycles. The monoisotopic (exact) mass is 213 g/mol. The number of hydrogen-bond acceptors (Lipinski definition) is 2. The van der Waals surface area contributed by atoms with Crippen molar-refractivity contribution < 1.29 is 0 Å². The summed E-state index contributed by atoms with van der Waals surface area (Å²) in [5.74, 6) is 0. The van der Waals surface area contributed by atoms with Crippen LogP contribution in [0.2, 0.25) is 0 Å². The van der Waals surface area contributed by atoms with Crippen LogP contribution in [0.1, 0.15) is 5.56 Å². The molecule has 0 amide bonds. The van der Waals surface area contributed by atoms with Gasteiger partial charge in [0.15, 0.2) is 9.40 Å². The summed E-state index contributed by atoms with van der Waals surface area (Å²) in [7, 11) is 0. The lowest BCUT2D eigenvalue weighted by Gasteiger charge is -1.83. The van der Waals surface area contributed by atoms with Gasteiger partial charge >= 0.3 is 3.52 Å². The molecule has 0 bridgehead atoms. The second kappa shape index (κ2) is 3.32. The highest BCUT2D eigenvalue weighted by atomic mass is 32.2. The average molecular weight is 213 g/mol. The maximum absolute atomic E-state index is 2.26. The molecule has 0 fully saturated rings. The predicted molar refractivity (Wildman–Crippen MR) is 60.6 cm³/mol. The van der Waals surface area contributed by atoms with Gasteiger partial charge in [-0.3, -0.25) is 0 Å². The molecule has 0 saturated carbocycles. The van der Waals surface area contributed by atoms with E-state index in [4.69, 9.17) is 0 Å². The van der Waals surface area contributed by atoms with E-state index in [0.717, 1.165) is 0 Å². The van der Waals surface area contributed by atoms with Crippen molar-refractivity contribution in [2.24, 2.45) is 0 Å². The van der Waals surface area contributed by atoms with Gasteiger partial charge < -0.3 is 0 Å². The molecule has 62 valence electrons. The van der Waals surface area contributed by atoms with Crippen LogP contribution in [0.4, 0.5) is 0 Å². The van der Waals surface area contributed by atoms with Crippen molar-refractivity contribution in [2.75, 3.05) is 6.26 Å². The van der Waals surface area contributed by atoms with E-state index in [9.17, 15) is 0 Å². The average Bonchev–Trinajstić information content (AvgIpc) is 2.46. The molecule has 1 heterocycles. The maximum atomic E-state index is 2.26. The van der Waals surface area contributed by atoms with E-state index >= 15 is 0 Å². The minimum absolute atomic E-state index is 1.35. The normalized spacial score (nSPS) is 10.8. The van der Waals surface area contributed by atoms with Crippen LogP contribution in [0.25, 0.3) is 9.40 Å². The van der Waals surface area contributed by atoms with Crippen molar-refractivity contribution in [3.8, 4) is 0 Å². The van der Waals surface area contributed by atoms with E-state index in [-0.39, 0.29) is 0 Å². The van der Waals surface area contributed by atoms with Gasteiger partial charge in [-0.05, 0) is 30.9 Å². The molecule has 0 radical (unpaired) electrons. The minimum atomic E-state index is 1.35. The Morgan fingerprint density at radius 3 is 3.00 bits per heavy atom. The summed E-state index contributed by atoms with van der Waals surface area (Å²) >= 11 is 5.62. The van der Waals surface area contributed by atoms with E-state index < -0.39 is 0 Å². The number of fused-ring (bicyclic) bond motifs is 1. The third-order valence-electron chi connectivity index (χ3n) is 1.65. The lowest BCUT2D eigenvalue weighted by atomic mass is 10.2. The second-order valence-electron chi connectivity index (χ2n) is 2.61. The first-order chi connectivity index (χ1) is 5.79. The fraction of sp³-hybridized carbons (Fsp3) is 0.222. The van der Waals surface area contributed by atoms with Crippen LogP contribution in [-0.4, -0.2) is 6.26 Å². The fourth-order valence-corrected chi connectivity index (χ4v) is 4.29. The molecule has 0 aliphatic rings. The Bertz CT molecular complexity index is 403. The van der Waals surface area contributed by atoms with Crippen molar-refractivity contribution in [2.45, 2.75) is 10.4 Å². The second-order valence-corrected chi connectivity index (χ2v) is 6.30. The van der Waals surface area contributed by atoms with Gasteiger partial charge in [0.05, 0.1) is 0 Å². The molecule has 2 aromatic rings. The number of aryl methyl sites for hydroxylation is 1. The zero-order chi connectivity index (χ0) is 8.55. The first-order valence-electron chi connectivity index (χ1n) is 3.67. The van der Waals surface area contributed by atoms with Crippen LogP contribution >= 0.6 is 34.4 Å². The summed E-state index contributed by atoms with van der Waals surface area (Å²) in [6.45, 7) is 2.14. The van der Waals surface area contributed by atoms with Gasteiger partial charge in [-0.15, -0.1) is 0 Å². The van der Waals surface area contributed by atoms with Crippen LogP contribution in [0.15, 0.2) is 21.7 Å². The molecule has 0 atom stereocenters. The van der Waals surface area contributed by atoms with Gasteiger partial charge in [0.25, 0.3) is 0 Å². The molecule has 12 heavy (non-hydrogen) atoms. The standard InChI is InChI=1S/C9H9S3/c1-6-3-4-7-8(5-6)12-9(10-2)11-7/h3-5H,1-2H3/q+1. The molecule has 3 heteroatoms. The summed E-state index contributed by atoms with van der Waals surface area (Å²) in [6.07, 6.45) is 2.13. The summed E-state index contributed by atoms with van der Waals surface area (Å²) in [6, 6.07) is 6.65. The van der Waals surface area contributed by atoms with Crippen LogP contribution in [0.5, 0.6) is 0 Å². The molecule has 0 unspecified atom stereocenters. The minimum Gasteiger partial charge on any atom is -0.0591 e. The van der Waals surface area contributed by atoms with Gasteiger partial charge in [0, 0.05) is 0 Å². The Kier molecular flexibility index (Phi) is 2.35. The third-order valence-corrected chi connectivity index (χ3v) is 5.58. The zero-order valence-electron chi connectivity index (χ0n) is 6.96. The van der Waals surface area contributed by atoms with Crippen LogP contribution in [-0.2, 0) is 0 Å². The molecule has 2 rings (SSSR count). The van der Waals surface area contributed by atoms with Crippen LogP contribution < -0.4 is 0 Å². The number of hydrogen-bond donors (Lipinski definition) is 0. The van der Waals surface area contributed by atoms with Crippen molar-refractivity contribution >= 4 is 43.8 Å². The van der Waals surface area contributed by atoms with Gasteiger partial charge in [0.2, 0.25) is 0 Å². The Morgan fingerprint density at radius 2 is 2.25 bits per heavy atom. The van der Waals surface area contributed by atoms with E-state index in [1.807, 2.05) is 34.4 Å². The van der Waals surface area contributed by atoms with Gasteiger partial charge in [0.1, 0.15) is 22.7 Å². The highest BCUT2D eigenvalue weighted by molar-refractivity contribution is 8.02. The van der Waals surface area contributed by atoms with Crippen LogP contribution in [0.3, 0.4) is 0 Å². The Labute approximate surface area is 84.3 Å². The van der Waals surface area contributed by atoms with Crippen molar-refractivity contribution in [1.82, 2.24) is 0 Å². The quantitative estimate of drug-likeness (QED) is 0.503. The molecular weight excluding hydrogens is 204 g/mol.